The predicted octanol–water partition coefficient (Wildman–Crippen LogP) is 0.702. The number of likely N-dealkylation sites (tertiary alicyclic amines) is 1. The van der Waals surface area contributed by atoms with Crippen molar-refractivity contribution in [2.24, 2.45) is 0 Å². The average Bonchev–Trinajstić information content (AvgIpc) is 3.34. The lowest BCUT2D eigenvalue weighted by molar-refractivity contribution is -0.203. The quantitative estimate of drug-likeness (QED) is 0.556. The summed E-state index contributed by atoms with van der Waals surface area (Å²) >= 11 is 1.23. The smallest absolute Gasteiger partial charge is 0.273 e. The van der Waals surface area contributed by atoms with Crippen molar-refractivity contribution in [1.82, 2.24) is 25.2 Å². The minimum Gasteiger partial charge on any atom is -0.388 e. The Hall–Kier alpha value is -2.50. The Morgan fingerprint density at radius 1 is 1.40 bits per heavy atom. The van der Waals surface area contributed by atoms with Gasteiger partial charge in [-0.3, -0.25) is 9.59 Å². The van der Waals surface area contributed by atoms with Crippen molar-refractivity contribution in [2.75, 3.05) is 25.4 Å². The molecule has 11 heteroatoms. The normalized spacial score (nSPS) is 26.0. The number of thiazole rings is 1. The summed E-state index contributed by atoms with van der Waals surface area (Å²) in [6.07, 6.45) is 1.95. The van der Waals surface area contributed by atoms with Crippen molar-refractivity contribution < 1.29 is 19.4 Å². The van der Waals surface area contributed by atoms with Gasteiger partial charge in [-0.15, -0.1) is 11.3 Å². The number of aromatic amines is 1. The van der Waals surface area contributed by atoms with E-state index in [0.29, 0.717) is 61.2 Å². The number of amides is 2. The Balaban J connectivity index is 1.45. The zero-order chi connectivity index (χ0) is 21.5. The van der Waals surface area contributed by atoms with Gasteiger partial charge < -0.3 is 30.8 Å². The van der Waals surface area contributed by atoms with Crippen LogP contribution in [0, 0.1) is 6.92 Å². The van der Waals surface area contributed by atoms with Gasteiger partial charge in [-0.2, -0.15) is 0 Å². The number of carbonyl (C=O) groups excluding carboxylic acids is 2. The Bertz CT molecular complexity index is 950. The van der Waals surface area contributed by atoms with Crippen molar-refractivity contribution in [3.05, 3.63) is 28.8 Å². The van der Waals surface area contributed by atoms with Crippen LogP contribution in [0.25, 0.3) is 0 Å². The van der Waals surface area contributed by atoms with Crippen LogP contribution in [0.1, 0.15) is 52.9 Å². The fraction of sp³-hybridized carbons (Fsp3) is 0.579. The molecule has 2 aliphatic heterocycles. The van der Waals surface area contributed by atoms with E-state index in [4.69, 9.17) is 10.5 Å². The van der Waals surface area contributed by atoms with Gasteiger partial charge >= 0.3 is 0 Å². The molecule has 0 aliphatic carbocycles. The van der Waals surface area contributed by atoms with Crippen molar-refractivity contribution in [1.29, 1.82) is 0 Å². The molecule has 0 aromatic carbocycles. The number of aryl methyl sites for hydroxylation is 1. The van der Waals surface area contributed by atoms with Crippen LogP contribution in [0.4, 0.5) is 5.13 Å². The van der Waals surface area contributed by atoms with E-state index in [1.807, 2.05) is 6.92 Å². The fourth-order valence-electron chi connectivity index (χ4n) is 4.35. The molecule has 0 bridgehead atoms. The minimum atomic E-state index is -0.922. The third kappa shape index (κ3) is 3.57. The first-order valence-corrected chi connectivity index (χ1v) is 10.8. The van der Waals surface area contributed by atoms with Crippen LogP contribution in [0.5, 0.6) is 0 Å². The maximum atomic E-state index is 12.7. The van der Waals surface area contributed by atoms with Crippen LogP contribution in [0.15, 0.2) is 11.7 Å². The molecule has 1 spiro atoms. The molecular weight excluding hydrogens is 408 g/mol. The monoisotopic (exact) mass is 434 g/mol. The number of aliphatic hydroxyl groups is 1. The molecule has 2 aromatic rings. The summed E-state index contributed by atoms with van der Waals surface area (Å²) in [6, 6.07) is 0. The second-order valence-electron chi connectivity index (χ2n) is 8.18. The maximum absolute atomic E-state index is 12.7. The van der Waals surface area contributed by atoms with Gasteiger partial charge in [-0.25, -0.2) is 9.97 Å². The molecule has 4 heterocycles. The SMILES string of the molecule is Cc1[nH]cnc1C(=O)N[C@]1(C)CCOC2(CCN(C(=O)c3csc(N)n3)CC2)[C@H]1O. The number of piperidine rings is 1. The highest BCUT2D eigenvalue weighted by Gasteiger charge is 2.54. The molecule has 162 valence electrons. The van der Waals surface area contributed by atoms with Gasteiger partial charge in [0, 0.05) is 30.8 Å². The zero-order valence-electron chi connectivity index (χ0n) is 17.0. The Labute approximate surface area is 177 Å². The molecule has 4 rings (SSSR count). The highest BCUT2D eigenvalue weighted by atomic mass is 32.1. The summed E-state index contributed by atoms with van der Waals surface area (Å²) in [5, 5.41) is 16.2. The molecular formula is C19H26N6O4S. The number of anilines is 1. The molecule has 30 heavy (non-hydrogen) atoms. The lowest BCUT2D eigenvalue weighted by Crippen LogP contribution is -2.69. The number of carbonyl (C=O) groups is 2. The molecule has 2 aromatic heterocycles. The van der Waals surface area contributed by atoms with E-state index in [9.17, 15) is 14.7 Å². The number of nitrogen functional groups attached to an aromatic ring is 1. The highest BCUT2D eigenvalue weighted by molar-refractivity contribution is 7.13. The largest absolute Gasteiger partial charge is 0.388 e. The van der Waals surface area contributed by atoms with Crippen LogP contribution in [-0.2, 0) is 4.74 Å². The zero-order valence-corrected chi connectivity index (χ0v) is 17.8. The molecule has 2 fully saturated rings. The first kappa shape index (κ1) is 20.8. The summed E-state index contributed by atoms with van der Waals surface area (Å²) in [6.45, 7) is 4.86. The van der Waals surface area contributed by atoms with Crippen LogP contribution >= 0.6 is 11.3 Å². The van der Waals surface area contributed by atoms with Crippen LogP contribution < -0.4 is 11.1 Å². The van der Waals surface area contributed by atoms with E-state index in [0.717, 1.165) is 0 Å². The average molecular weight is 435 g/mol. The number of hydrogen-bond donors (Lipinski definition) is 4. The number of rotatable bonds is 3. The van der Waals surface area contributed by atoms with Gasteiger partial charge in [0.25, 0.3) is 11.8 Å². The lowest BCUT2D eigenvalue weighted by Gasteiger charge is -2.53. The summed E-state index contributed by atoms with van der Waals surface area (Å²) in [5.74, 6) is -0.505. The molecule has 2 aliphatic rings. The van der Waals surface area contributed by atoms with Crippen molar-refractivity contribution in [3.8, 4) is 0 Å². The molecule has 0 radical (unpaired) electrons. The molecule has 2 atom stereocenters. The molecule has 0 unspecified atom stereocenters. The van der Waals surface area contributed by atoms with Crippen molar-refractivity contribution in [2.45, 2.75) is 50.4 Å². The summed E-state index contributed by atoms with van der Waals surface area (Å²) in [5.41, 5.74) is 5.27. The van der Waals surface area contributed by atoms with Crippen LogP contribution in [0.2, 0.25) is 0 Å². The van der Waals surface area contributed by atoms with Crippen molar-refractivity contribution in [3.63, 3.8) is 0 Å². The van der Waals surface area contributed by atoms with Gasteiger partial charge in [-0.1, -0.05) is 0 Å². The van der Waals surface area contributed by atoms with Gasteiger partial charge in [0.05, 0.1) is 17.5 Å². The van der Waals surface area contributed by atoms with Gasteiger partial charge in [-0.05, 0) is 33.1 Å². The van der Waals surface area contributed by atoms with Gasteiger partial charge in [0.15, 0.2) is 5.13 Å². The Morgan fingerprint density at radius 3 is 2.73 bits per heavy atom. The van der Waals surface area contributed by atoms with E-state index < -0.39 is 17.2 Å². The van der Waals surface area contributed by atoms with E-state index >= 15 is 0 Å². The Morgan fingerprint density at radius 2 is 2.13 bits per heavy atom. The highest BCUT2D eigenvalue weighted by Crippen LogP contribution is 2.40. The molecule has 5 N–H and O–H groups in total. The number of imidazole rings is 1. The fourth-order valence-corrected chi connectivity index (χ4v) is 4.89. The first-order valence-electron chi connectivity index (χ1n) is 9.89. The van der Waals surface area contributed by atoms with E-state index in [1.165, 1.54) is 17.7 Å². The molecule has 0 saturated carbocycles. The molecule has 2 amide bonds. The molecule has 2 saturated heterocycles. The number of ether oxygens (including phenoxy) is 1. The maximum Gasteiger partial charge on any atom is 0.273 e. The second-order valence-corrected chi connectivity index (χ2v) is 9.07. The van der Waals surface area contributed by atoms with Gasteiger partial charge in [0.1, 0.15) is 17.5 Å². The Kier molecular flexibility index (Phi) is 5.28. The van der Waals surface area contributed by atoms with Crippen LogP contribution in [-0.4, -0.2) is 73.7 Å². The standard InChI is InChI=1S/C19H26N6O4S/c1-11-13(22-10-21-11)14(26)24-18(2)5-8-29-19(16(18)28)3-6-25(7-4-19)15(27)12-9-30-17(20)23-12/h9-10,16,28H,3-8H2,1-2H3,(H2,20,23)(H,21,22)(H,24,26)/t16-,18+/m0/s1. The van der Waals surface area contributed by atoms with E-state index in [2.05, 4.69) is 20.3 Å². The van der Waals surface area contributed by atoms with Crippen LogP contribution in [0.3, 0.4) is 0 Å². The number of aromatic nitrogens is 3. The number of H-pyrrole nitrogens is 1. The summed E-state index contributed by atoms with van der Waals surface area (Å²) in [4.78, 5) is 38.1. The number of nitrogens with one attached hydrogen (secondary N) is 2. The third-order valence-electron chi connectivity index (χ3n) is 6.19. The predicted molar refractivity (Wildman–Crippen MR) is 110 cm³/mol. The second kappa shape index (κ2) is 7.64. The minimum absolute atomic E-state index is 0.173. The molecule has 10 nitrogen and oxygen atoms in total. The van der Waals surface area contributed by atoms with Gasteiger partial charge in [0.2, 0.25) is 0 Å². The number of nitrogens with zero attached hydrogens (tertiary/aromatic N) is 3. The first-order chi connectivity index (χ1) is 14.2. The lowest BCUT2D eigenvalue weighted by atomic mass is 9.73. The number of nitrogens with two attached hydrogens (primary N) is 1. The topological polar surface area (TPSA) is 146 Å². The summed E-state index contributed by atoms with van der Waals surface area (Å²) in [7, 11) is 0. The number of aliphatic hydroxyl groups excluding tert-OH is 1. The van der Waals surface area contributed by atoms with E-state index in [-0.39, 0.29) is 11.8 Å². The van der Waals surface area contributed by atoms with E-state index in [1.54, 1.807) is 17.2 Å². The number of hydrogen-bond acceptors (Lipinski definition) is 8. The van der Waals surface area contributed by atoms with Crippen molar-refractivity contribution >= 4 is 28.3 Å². The third-order valence-corrected chi connectivity index (χ3v) is 6.87. The summed E-state index contributed by atoms with van der Waals surface area (Å²) < 4.78 is 6.05.